The minimum Gasteiger partial charge on any atom is -0.375 e. The predicted molar refractivity (Wildman–Crippen MR) is 79.0 cm³/mol. The van der Waals surface area contributed by atoms with Crippen LogP contribution in [0.1, 0.15) is 18.2 Å². The molecule has 1 unspecified atom stereocenters. The molecule has 1 aromatic heterocycles. The number of hydrogen-bond donors (Lipinski definition) is 1. The molecule has 1 atom stereocenters. The molecule has 1 heterocycles. The molecule has 0 aliphatic heterocycles. The Balaban J connectivity index is 2.64. The summed E-state index contributed by atoms with van der Waals surface area (Å²) < 4.78 is 30.9. The van der Waals surface area contributed by atoms with Gasteiger partial charge < -0.3 is 15.0 Å². The molecule has 1 N–H and O–H groups in total. The van der Waals surface area contributed by atoms with Crippen molar-refractivity contribution in [1.82, 2.24) is 20.0 Å². The monoisotopic (exact) mass is 324 g/mol. The molecule has 1 rings (SSSR count). The Kier molecular flexibility index (Phi) is 8.10. The number of hydrogen-bond acceptors (Lipinski definition) is 4. The Morgan fingerprint density at radius 2 is 2.19 bits per heavy atom. The summed E-state index contributed by atoms with van der Waals surface area (Å²) in [6, 6.07) is -0.0835. The summed E-state index contributed by atoms with van der Waals surface area (Å²) in [6.45, 7) is 1.25. The first-order chi connectivity index (χ1) is 9.95. The molecule has 1 aromatic rings. The molecule has 0 saturated heterocycles. The van der Waals surface area contributed by atoms with Gasteiger partial charge in [-0.1, -0.05) is 11.6 Å². The van der Waals surface area contributed by atoms with Crippen molar-refractivity contribution in [1.29, 1.82) is 0 Å². The first-order valence-corrected chi connectivity index (χ1v) is 7.22. The van der Waals surface area contributed by atoms with Crippen LogP contribution in [0, 0.1) is 0 Å². The van der Waals surface area contributed by atoms with Gasteiger partial charge in [0.25, 0.3) is 6.43 Å². The Morgan fingerprint density at radius 3 is 2.76 bits per heavy atom. The molecule has 0 aromatic carbocycles. The van der Waals surface area contributed by atoms with Crippen LogP contribution in [0.4, 0.5) is 8.78 Å². The minimum absolute atomic E-state index is 0.0835. The Hall–Kier alpha value is -0.760. The van der Waals surface area contributed by atoms with E-state index < -0.39 is 13.0 Å². The van der Waals surface area contributed by atoms with Gasteiger partial charge in [0.05, 0.1) is 29.5 Å². The summed E-state index contributed by atoms with van der Waals surface area (Å²) in [5.74, 6) is 0. The van der Waals surface area contributed by atoms with Crippen LogP contribution >= 0.6 is 11.6 Å². The molecule has 5 nitrogen and oxygen atoms in total. The van der Waals surface area contributed by atoms with E-state index in [1.54, 1.807) is 13.2 Å². The molecule has 122 valence electrons. The van der Waals surface area contributed by atoms with E-state index in [-0.39, 0.29) is 12.6 Å². The van der Waals surface area contributed by atoms with E-state index in [0.717, 1.165) is 12.2 Å². The molecule has 0 aliphatic rings. The highest BCUT2D eigenvalue weighted by molar-refractivity contribution is 6.31. The maximum Gasteiger partial charge on any atom is 0.261 e. The number of halogens is 3. The van der Waals surface area contributed by atoms with Crippen molar-refractivity contribution >= 4 is 11.6 Å². The van der Waals surface area contributed by atoms with Gasteiger partial charge in [0, 0.05) is 13.2 Å². The summed E-state index contributed by atoms with van der Waals surface area (Å²) >= 11 is 6.20. The van der Waals surface area contributed by atoms with E-state index in [4.69, 9.17) is 16.3 Å². The zero-order chi connectivity index (χ0) is 15.8. The second-order valence-corrected chi connectivity index (χ2v) is 5.41. The number of aromatic nitrogens is 2. The maximum absolute atomic E-state index is 12.0. The summed E-state index contributed by atoms with van der Waals surface area (Å²) in [4.78, 5) is 2.06. The van der Waals surface area contributed by atoms with Crippen LogP contribution < -0.4 is 5.32 Å². The summed E-state index contributed by atoms with van der Waals surface area (Å²) in [5.41, 5.74) is 0.863. The molecule has 0 fully saturated rings. The zero-order valence-electron chi connectivity index (χ0n) is 12.7. The standard InChI is InChI=1S/C13H23ClF2N4O/c1-17-11(4-7-21-9-12(15)16)13-10(14)8-18-20(13)6-5-19(2)3/h8,11-12,17H,4-7,9H2,1-3H3. The fraction of sp³-hybridized carbons (Fsp3) is 0.769. The molecule has 0 aliphatic carbocycles. The third-order valence-electron chi connectivity index (χ3n) is 3.07. The van der Waals surface area contributed by atoms with Gasteiger partial charge in [-0.15, -0.1) is 0 Å². The smallest absolute Gasteiger partial charge is 0.261 e. The average Bonchev–Trinajstić information content (AvgIpc) is 2.78. The van der Waals surface area contributed by atoms with Crippen molar-refractivity contribution in [3.63, 3.8) is 0 Å². The Bertz CT molecular complexity index is 415. The summed E-state index contributed by atoms with van der Waals surface area (Å²) in [5, 5.41) is 7.98. The number of likely N-dealkylation sites (N-methyl/N-ethyl adjacent to an activating group) is 1. The highest BCUT2D eigenvalue weighted by Gasteiger charge is 2.19. The van der Waals surface area contributed by atoms with Gasteiger partial charge in [-0.2, -0.15) is 5.10 Å². The fourth-order valence-electron chi connectivity index (χ4n) is 1.98. The summed E-state index contributed by atoms with van der Waals surface area (Å²) in [7, 11) is 5.77. The van der Waals surface area contributed by atoms with Gasteiger partial charge in [-0.05, 0) is 27.6 Å². The van der Waals surface area contributed by atoms with Gasteiger partial charge >= 0.3 is 0 Å². The lowest BCUT2D eigenvalue weighted by molar-refractivity contribution is 0.0143. The molecule has 0 radical (unpaired) electrons. The van der Waals surface area contributed by atoms with E-state index in [0.29, 0.717) is 18.0 Å². The van der Waals surface area contributed by atoms with E-state index >= 15 is 0 Å². The van der Waals surface area contributed by atoms with Gasteiger partial charge in [-0.3, -0.25) is 4.68 Å². The van der Waals surface area contributed by atoms with Gasteiger partial charge in [-0.25, -0.2) is 8.78 Å². The number of nitrogens with zero attached hydrogens (tertiary/aromatic N) is 3. The quantitative estimate of drug-likeness (QED) is 0.669. The van der Waals surface area contributed by atoms with E-state index in [9.17, 15) is 8.78 Å². The van der Waals surface area contributed by atoms with Crippen molar-refractivity contribution in [2.45, 2.75) is 25.4 Å². The van der Waals surface area contributed by atoms with E-state index in [1.165, 1.54) is 0 Å². The molecule has 0 amide bonds. The minimum atomic E-state index is -2.44. The summed E-state index contributed by atoms with van der Waals surface area (Å²) in [6.07, 6.45) is -0.278. The van der Waals surface area contributed by atoms with Crippen LogP contribution in [0.5, 0.6) is 0 Å². The first-order valence-electron chi connectivity index (χ1n) is 6.84. The maximum atomic E-state index is 12.0. The molecule has 0 bridgehead atoms. The number of ether oxygens (including phenoxy) is 1. The zero-order valence-corrected chi connectivity index (χ0v) is 13.4. The van der Waals surface area contributed by atoms with Gasteiger partial charge in [0.1, 0.15) is 6.61 Å². The van der Waals surface area contributed by atoms with E-state index in [1.807, 2.05) is 18.8 Å². The van der Waals surface area contributed by atoms with Crippen LogP contribution in [-0.4, -0.2) is 62.0 Å². The largest absolute Gasteiger partial charge is 0.375 e. The highest BCUT2D eigenvalue weighted by Crippen LogP contribution is 2.25. The molecule has 0 saturated carbocycles. The topological polar surface area (TPSA) is 42.3 Å². The van der Waals surface area contributed by atoms with Crippen molar-refractivity contribution in [3.05, 3.63) is 16.9 Å². The lowest BCUT2D eigenvalue weighted by Crippen LogP contribution is -2.25. The van der Waals surface area contributed by atoms with Crippen LogP contribution in [0.25, 0.3) is 0 Å². The van der Waals surface area contributed by atoms with Crippen molar-refractivity contribution in [3.8, 4) is 0 Å². The van der Waals surface area contributed by atoms with Gasteiger partial charge in [0.2, 0.25) is 0 Å². The van der Waals surface area contributed by atoms with Gasteiger partial charge in [0.15, 0.2) is 0 Å². The van der Waals surface area contributed by atoms with E-state index in [2.05, 4.69) is 15.3 Å². The number of nitrogens with one attached hydrogen (secondary N) is 1. The van der Waals surface area contributed by atoms with Crippen LogP contribution in [-0.2, 0) is 11.3 Å². The molecule has 21 heavy (non-hydrogen) atoms. The lowest BCUT2D eigenvalue weighted by atomic mass is 10.1. The third-order valence-corrected chi connectivity index (χ3v) is 3.36. The second kappa shape index (κ2) is 9.30. The SMILES string of the molecule is CNC(CCOCC(F)F)c1c(Cl)cnn1CCN(C)C. The Morgan fingerprint density at radius 1 is 1.48 bits per heavy atom. The molecule has 0 spiro atoms. The highest BCUT2D eigenvalue weighted by atomic mass is 35.5. The molecular formula is C13H23ClF2N4O. The second-order valence-electron chi connectivity index (χ2n) is 5.00. The Labute approximate surface area is 129 Å². The van der Waals surface area contributed by atoms with Crippen LogP contribution in [0.2, 0.25) is 5.02 Å². The first kappa shape index (κ1) is 18.3. The average molecular weight is 325 g/mol. The van der Waals surface area contributed by atoms with Crippen molar-refractivity contribution < 1.29 is 13.5 Å². The number of alkyl halides is 2. The lowest BCUT2D eigenvalue weighted by Gasteiger charge is -2.19. The third kappa shape index (κ3) is 6.25. The van der Waals surface area contributed by atoms with Crippen molar-refractivity contribution in [2.75, 3.05) is 40.9 Å². The normalized spacial score (nSPS) is 13.3. The van der Waals surface area contributed by atoms with Crippen LogP contribution in [0.15, 0.2) is 6.20 Å². The predicted octanol–water partition coefficient (Wildman–Crippen LogP) is 2.03. The van der Waals surface area contributed by atoms with Crippen LogP contribution in [0.3, 0.4) is 0 Å². The fourth-order valence-corrected chi connectivity index (χ4v) is 2.26. The molecular weight excluding hydrogens is 302 g/mol. The molecule has 8 heteroatoms. The number of rotatable bonds is 10. The van der Waals surface area contributed by atoms with Crippen molar-refractivity contribution in [2.24, 2.45) is 0 Å².